The fourth-order valence-corrected chi connectivity index (χ4v) is 3.94. The Hall–Kier alpha value is -0.690. The molecule has 2 rings (SSSR count). The molecule has 1 unspecified atom stereocenters. The quantitative estimate of drug-likeness (QED) is 0.842. The van der Waals surface area contributed by atoms with Gasteiger partial charge in [0.05, 0.1) is 4.90 Å². The van der Waals surface area contributed by atoms with Crippen LogP contribution in [0.25, 0.3) is 0 Å². The van der Waals surface area contributed by atoms with Gasteiger partial charge in [-0.05, 0) is 45.0 Å². The van der Waals surface area contributed by atoms with Crippen molar-refractivity contribution in [3.05, 3.63) is 23.5 Å². The predicted molar refractivity (Wildman–Crippen MR) is 79.3 cm³/mol. The molecule has 0 aliphatic carbocycles. The molecule has 0 amide bonds. The summed E-state index contributed by atoms with van der Waals surface area (Å²) in [4.78, 5) is 6.25. The van der Waals surface area contributed by atoms with E-state index in [2.05, 4.69) is 14.6 Å². The molecule has 1 aliphatic heterocycles. The molecule has 1 N–H and O–H groups in total. The van der Waals surface area contributed by atoms with Crippen LogP contribution in [0.2, 0.25) is 5.15 Å². The van der Waals surface area contributed by atoms with Crippen LogP contribution in [0.1, 0.15) is 26.2 Å². The third-order valence-corrected chi connectivity index (χ3v) is 5.14. The second kappa shape index (κ2) is 6.85. The Balaban J connectivity index is 1.97. The minimum atomic E-state index is -3.53. The fourth-order valence-electron chi connectivity index (χ4n) is 2.45. The van der Waals surface area contributed by atoms with Crippen molar-refractivity contribution in [3.63, 3.8) is 0 Å². The summed E-state index contributed by atoms with van der Waals surface area (Å²) in [6, 6.07) is 2.67. The number of nitrogens with zero attached hydrogens (tertiary/aromatic N) is 2. The zero-order chi connectivity index (χ0) is 14.6. The van der Waals surface area contributed by atoms with E-state index in [9.17, 15) is 8.42 Å². The maximum atomic E-state index is 12.2. The summed E-state index contributed by atoms with van der Waals surface area (Å²) in [7, 11) is -3.53. The van der Waals surface area contributed by atoms with Crippen LogP contribution >= 0.6 is 11.6 Å². The molecule has 1 saturated heterocycles. The minimum absolute atomic E-state index is 0.134. The van der Waals surface area contributed by atoms with Gasteiger partial charge in [0, 0.05) is 18.8 Å². The summed E-state index contributed by atoms with van der Waals surface area (Å²) in [5, 5.41) is 0.177. The molecule has 1 aromatic rings. The average molecular weight is 318 g/mol. The van der Waals surface area contributed by atoms with Crippen LogP contribution in [-0.4, -0.2) is 44.0 Å². The zero-order valence-electron chi connectivity index (χ0n) is 11.5. The molecule has 0 saturated carbocycles. The minimum Gasteiger partial charge on any atom is -0.302 e. The lowest BCUT2D eigenvalue weighted by atomic mass is 10.1. The summed E-state index contributed by atoms with van der Waals surface area (Å²) in [6.07, 6.45) is 5.05. The van der Waals surface area contributed by atoms with Crippen molar-refractivity contribution in [2.75, 3.05) is 19.6 Å². The molecule has 5 nitrogen and oxygen atoms in total. The molecular formula is C13H20ClN3O2S. The second-order valence-corrected chi connectivity index (χ2v) is 7.30. The normalized spacial score (nSPS) is 18.9. The number of piperidine rings is 1. The molecule has 1 fully saturated rings. The van der Waals surface area contributed by atoms with Crippen LogP contribution in [0.3, 0.4) is 0 Å². The van der Waals surface area contributed by atoms with Crippen molar-refractivity contribution >= 4 is 21.6 Å². The number of hydrogen-bond acceptors (Lipinski definition) is 4. The largest absolute Gasteiger partial charge is 0.302 e. The van der Waals surface area contributed by atoms with E-state index in [1.165, 1.54) is 37.6 Å². The predicted octanol–water partition coefficient (Wildman–Crippen LogP) is 1.89. The summed E-state index contributed by atoms with van der Waals surface area (Å²) in [5.74, 6) is 0. The van der Waals surface area contributed by atoms with Gasteiger partial charge in [-0.1, -0.05) is 18.0 Å². The lowest BCUT2D eigenvalue weighted by Crippen LogP contribution is -2.43. The van der Waals surface area contributed by atoms with E-state index in [1.54, 1.807) is 0 Å². The Morgan fingerprint density at radius 2 is 2.10 bits per heavy atom. The van der Waals surface area contributed by atoms with E-state index in [0.717, 1.165) is 19.6 Å². The molecule has 1 aliphatic rings. The van der Waals surface area contributed by atoms with Crippen molar-refractivity contribution < 1.29 is 8.42 Å². The van der Waals surface area contributed by atoms with Gasteiger partial charge in [-0.3, -0.25) is 0 Å². The number of rotatable bonds is 5. The maximum absolute atomic E-state index is 12.2. The van der Waals surface area contributed by atoms with Crippen LogP contribution in [-0.2, 0) is 10.0 Å². The summed E-state index contributed by atoms with van der Waals surface area (Å²) in [6.45, 7) is 4.72. The van der Waals surface area contributed by atoms with Gasteiger partial charge in [-0.2, -0.15) is 0 Å². The third kappa shape index (κ3) is 4.41. The molecule has 1 atom stereocenters. The average Bonchev–Trinajstić information content (AvgIpc) is 2.39. The van der Waals surface area contributed by atoms with Gasteiger partial charge in [-0.15, -0.1) is 0 Å². The Bertz CT molecular complexity index is 544. The number of pyridine rings is 1. The van der Waals surface area contributed by atoms with Gasteiger partial charge in [0.1, 0.15) is 5.15 Å². The van der Waals surface area contributed by atoms with Gasteiger partial charge in [-0.25, -0.2) is 18.1 Å². The molecule has 0 aromatic carbocycles. The Morgan fingerprint density at radius 3 is 2.75 bits per heavy atom. The highest BCUT2D eigenvalue weighted by molar-refractivity contribution is 7.89. The van der Waals surface area contributed by atoms with Gasteiger partial charge in [0.2, 0.25) is 10.0 Å². The fraction of sp³-hybridized carbons (Fsp3) is 0.615. The van der Waals surface area contributed by atoms with Gasteiger partial charge < -0.3 is 4.90 Å². The van der Waals surface area contributed by atoms with E-state index in [-0.39, 0.29) is 16.1 Å². The van der Waals surface area contributed by atoms with Crippen molar-refractivity contribution in [3.8, 4) is 0 Å². The number of nitrogens with one attached hydrogen (secondary N) is 1. The van der Waals surface area contributed by atoms with E-state index >= 15 is 0 Å². The number of sulfonamides is 1. The van der Waals surface area contributed by atoms with Gasteiger partial charge in [0.15, 0.2) is 0 Å². The third-order valence-electron chi connectivity index (χ3n) is 3.35. The first-order chi connectivity index (χ1) is 9.47. The molecule has 0 radical (unpaired) electrons. The van der Waals surface area contributed by atoms with Crippen molar-refractivity contribution in [2.45, 2.75) is 37.1 Å². The van der Waals surface area contributed by atoms with Crippen molar-refractivity contribution in [1.82, 2.24) is 14.6 Å². The van der Waals surface area contributed by atoms with E-state index in [4.69, 9.17) is 11.6 Å². The molecule has 0 spiro atoms. The number of halogens is 1. The Kier molecular flexibility index (Phi) is 5.37. The van der Waals surface area contributed by atoms with Gasteiger partial charge >= 0.3 is 0 Å². The lowest BCUT2D eigenvalue weighted by molar-refractivity contribution is 0.215. The molecule has 2 heterocycles. The van der Waals surface area contributed by atoms with Crippen molar-refractivity contribution in [1.29, 1.82) is 0 Å². The first-order valence-electron chi connectivity index (χ1n) is 6.83. The van der Waals surface area contributed by atoms with Gasteiger partial charge in [0.25, 0.3) is 0 Å². The van der Waals surface area contributed by atoms with E-state index < -0.39 is 10.0 Å². The lowest BCUT2D eigenvalue weighted by Gasteiger charge is -2.29. The number of likely N-dealkylation sites (tertiary alicyclic amines) is 1. The standard InChI is InChI=1S/C13H20ClN3O2S/c1-11(10-17-7-3-2-4-8-17)16-20(18,19)12-5-6-15-13(14)9-12/h5-6,9,11,16H,2-4,7-8,10H2,1H3. The van der Waals surface area contributed by atoms with Crippen LogP contribution in [0.4, 0.5) is 0 Å². The van der Waals surface area contributed by atoms with Crippen LogP contribution in [0.5, 0.6) is 0 Å². The van der Waals surface area contributed by atoms with Crippen LogP contribution in [0.15, 0.2) is 23.2 Å². The highest BCUT2D eigenvalue weighted by Gasteiger charge is 2.20. The number of aromatic nitrogens is 1. The number of hydrogen-bond donors (Lipinski definition) is 1. The molecule has 1 aromatic heterocycles. The Labute approximate surface area is 125 Å². The molecule has 7 heteroatoms. The highest BCUT2D eigenvalue weighted by Crippen LogP contribution is 2.14. The summed E-state index contributed by atoms with van der Waals surface area (Å²) >= 11 is 5.73. The molecule has 0 bridgehead atoms. The summed E-state index contributed by atoms with van der Waals surface area (Å²) in [5.41, 5.74) is 0. The molecule has 112 valence electrons. The molecular weight excluding hydrogens is 298 g/mol. The van der Waals surface area contributed by atoms with Crippen LogP contribution < -0.4 is 4.72 Å². The highest BCUT2D eigenvalue weighted by atomic mass is 35.5. The first-order valence-corrected chi connectivity index (χ1v) is 8.70. The SMILES string of the molecule is CC(CN1CCCCC1)NS(=O)(=O)c1ccnc(Cl)c1. The van der Waals surface area contributed by atoms with E-state index in [0.29, 0.717) is 0 Å². The van der Waals surface area contributed by atoms with E-state index in [1.807, 2.05) is 6.92 Å². The monoisotopic (exact) mass is 317 g/mol. The molecule has 20 heavy (non-hydrogen) atoms. The second-order valence-electron chi connectivity index (χ2n) is 5.20. The van der Waals surface area contributed by atoms with Crippen LogP contribution in [0, 0.1) is 0 Å². The smallest absolute Gasteiger partial charge is 0.241 e. The zero-order valence-corrected chi connectivity index (χ0v) is 13.1. The topological polar surface area (TPSA) is 62.3 Å². The Morgan fingerprint density at radius 1 is 1.40 bits per heavy atom. The first kappa shape index (κ1) is 15.7. The van der Waals surface area contributed by atoms with Crippen molar-refractivity contribution in [2.24, 2.45) is 0 Å². The maximum Gasteiger partial charge on any atom is 0.241 e. The summed E-state index contributed by atoms with van der Waals surface area (Å²) < 4.78 is 27.1.